The molecule has 2 rings (SSSR count). The number of rotatable bonds is 3. The lowest BCUT2D eigenvalue weighted by Gasteiger charge is -2.28. The van der Waals surface area contributed by atoms with Crippen LogP contribution in [0.2, 0.25) is 0 Å². The summed E-state index contributed by atoms with van der Waals surface area (Å²) in [5.74, 6) is -0.856. The number of carbonyl (C=O) groups excluding carboxylic acids is 1. The number of benzene rings is 1. The van der Waals surface area contributed by atoms with E-state index >= 15 is 0 Å². The summed E-state index contributed by atoms with van der Waals surface area (Å²) in [6, 6.07) is 6.00. The van der Waals surface area contributed by atoms with Crippen LogP contribution in [0.4, 0.5) is 4.39 Å². The van der Waals surface area contributed by atoms with Gasteiger partial charge in [0, 0.05) is 6.54 Å². The van der Waals surface area contributed by atoms with Crippen molar-refractivity contribution in [3.63, 3.8) is 0 Å². The molecule has 0 saturated heterocycles. The van der Waals surface area contributed by atoms with Crippen molar-refractivity contribution in [2.24, 2.45) is 5.73 Å². The van der Waals surface area contributed by atoms with Crippen molar-refractivity contribution >= 4 is 18.3 Å². The first-order chi connectivity index (χ1) is 8.17. The van der Waals surface area contributed by atoms with Crippen molar-refractivity contribution in [2.45, 2.75) is 31.2 Å². The lowest BCUT2D eigenvalue weighted by Crippen LogP contribution is -2.51. The zero-order valence-corrected chi connectivity index (χ0v) is 10.9. The van der Waals surface area contributed by atoms with Gasteiger partial charge >= 0.3 is 0 Å². The summed E-state index contributed by atoms with van der Waals surface area (Å²) in [4.78, 5) is 12.0. The van der Waals surface area contributed by atoms with Gasteiger partial charge in [0.15, 0.2) is 0 Å². The Balaban J connectivity index is 0.00000162. The Kier molecular flexibility index (Phi) is 5.11. The maximum absolute atomic E-state index is 13.5. The van der Waals surface area contributed by atoms with Crippen molar-refractivity contribution in [2.75, 3.05) is 6.54 Å². The molecule has 1 saturated carbocycles. The van der Waals surface area contributed by atoms with Gasteiger partial charge in [-0.25, -0.2) is 4.39 Å². The molecule has 5 heteroatoms. The molecule has 1 aromatic rings. The second kappa shape index (κ2) is 6.16. The van der Waals surface area contributed by atoms with E-state index in [9.17, 15) is 9.18 Å². The first kappa shape index (κ1) is 14.9. The summed E-state index contributed by atoms with van der Waals surface area (Å²) in [5, 5.41) is 2.90. The topological polar surface area (TPSA) is 55.1 Å². The van der Waals surface area contributed by atoms with Gasteiger partial charge in [-0.1, -0.05) is 25.0 Å². The van der Waals surface area contributed by atoms with Gasteiger partial charge in [-0.15, -0.1) is 12.4 Å². The minimum Gasteiger partial charge on any atom is -0.345 e. The molecular weight excluding hydrogens is 255 g/mol. The van der Waals surface area contributed by atoms with Gasteiger partial charge in [0.05, 0.1) is 11.1 Å². The van der Waals surface area contributed by atoms with Gasteiger partial charge < -0.3 is 11.1 Å². The van der Waals surface area contributed by atoms with Crippen LogP contribution in [0.3, 0.4) is 0 Å². The molecule has 0 aliphatic heterocycles. The van der Waals surface area contributed by atoms with Crippen molar-refractivity contribution in [3.05, 3.63) is 35.6 Å². The number of hydrogen-bond donors (Lipinski definition) is 2. The van der Waals surface area contributed by atoms with Gasteiger partial charge in [0.1, 0.15) is 5.82 Å². The lowest BCUT2D eigenvalue weighted by atomic mass is 9.97. The predicted molar refractivity (Wildman–Crippen MR) is 71.4 cm³/mol. The number of nitrogens with one attached hydrogen (secondary N) is 1. The second-order valence-corrected chi connectivity index (χ2v) is 4.63. The Morgan fingerprint density at radius 3 is 2.50 bits per heavy atom. The molecule has 0 radical (unpaired) electrons. The largest absolute Gasteiger partial charge is 0.345 e. The fourth-order valence-electron chi connectivity index (χ4n) is 2.39. The lowest BCUT2D eigenvalue weighted by molar-refractivity contribution is 0.0899. The molecule has 0 heterocycles. The van der Waals surface area contributed by atoms with Crippen LogP contribution in [0.1, 0.15) is 36.0 Å². The average Bonchev–Trinajstić information content (AvgIpc) is 2.79. The monoisotopic (exact) mass is 272 g/mol. The predicted octanol–water partition coefficient (Wildman–Crippen LogP) is 2.25. The van der Waals surface area contributed by atoms with Crippen LogP contribution in [-0.4, -0.2) is 18.0 Å². The molecule has 0 atom stereocenters. The molecule has 0 bridgehead atoms. The average molecular weight is 273 g/mol. The van der Waals surface area contributed by atoms with Crippen molar-refractivity contribution in [3.8, 4) is 0 Å². The van der Waals surface area contributed by atoms with E-state index in [1.807, 2.05) is 0 Å². The highest BCUT2D eigenvalue weighted by molar-refractivity contribution is 5.95. The SMILES string of the molecule is Cl.NCC1(NC(=O)c2ccccc2F)CCCC1. The summed E-state index contributed by atoms with van der Waals surface area (Å²) in [5.41, 5.74) is 5.48. The molecule has 0 unspecified atom stereocenters. The Bertz CT molecular complexity index is 419. The van der Waals surface area contributed by atoms with Crippen LogP contribution in [-0.2, 0) is 0 Å². The van der Waals surface area contributed by atoms with Gasteiger partial charge in [-0.3, -0.25) is 4.79 Å². The second-order valence-electron chi connectivity index (χ2n) is 4.63. The Hall–Kier alpha value is -1.13. The molecule has 100 valence electrons. The third-order valence-corrected chi connectivity index (χ3v) is 3.45. The van der Waals surface area contributed by atoms with Crippen LogP contribution in [0.25, 0.3) is 0 Å². The fourth-order valence-corrected chi connectivity index (χ4v) is 2.39. The van der Waals surface area contributed by atoms with Crippen LogP contribution in [0.5, 0.6) is 0 Å². The number of amides is 1. The summed E-state index contributed by atoms with van der Waals surface area (Å²) >= 11 is 0. The summed E-state index contributed by atoms with van der Waals surface area (Å²) in [6.45, 7) is 0.410. The number of hydrogen-bond acceptors (Lipinski definition) is 2. The highest BCUT2D eigenvalue weighted by atomic mass is 35.5. The zero-order chi connectivity index (χ0) is 12.3. The van der Waals surface area contributed by atoms with E-state index < -0.39 is 5.82 Å². The normalized spacial score (nSPS) is 17.0. The highest BCUT2D eigenvalue weighted by Crippen LogP contribution is 2.29. The zero-order valence-electron chi connectivity index (χ0n) is 10.1. The van der Waals surface area contributed by atoms with Crippen LogP contribution < -0.4 is 11.1 Å². The molecule has 3 N–H and O–H groups in total. The van der Waals surface area contributed by atoms with Crippen molar-refractivity contribution in [1.82, 2.24) is 5.32 Å². The first-order valence-electron chi connectivity index (χ1n) is 5.94. The molecular formula is C13H18ClFN2O. The smallest absolute Gasteiger partial charge is 0.254 e. The van der Waals surface area contributed by atoms with E-state index in [4.69, 9.17) is 5.73 Å². The Labute approximate surface area is 112 Å². The van der Waals surface area contributed by atoms with Crippen molar-refractivity contribution < 1.29 is 9.18 Å². The van der Waals surface area contributed by atoms with E-state index in [0.29, 0.717) is 6.54 Å². The molecule has 1 aromatic carbocycles. The minimum absolute atomic E-state index is 0. The molecule has 0 aromatic heterocycles. The van der Waals surface area contributed by atoms with E-state index in [2.05, 4.69) is 5.32 Å². The first-order valence-corrected chi connectivity index (χ1v) is 5.94. The molecule has 1 aliphatic carbocycles. The summed E-state index contributed by atoms with van der Waals surface area (Å²) in [6.07, 6.45) is 3.89. The van der Waals surface area contributed by atoms with Crippen LogP contribution in [0, 0.1) is 5.82 Å². The molecule has 1 aliphatic rings. The molecule has 1 fully saturated rings. The van der Waals surface area contributed by atoms with E-state index in [1.54, 1.807) is 12.1 Å². The van der Waals surface area contributed by atoms with Gasteiger partial charge in [0.2, 0.25) is 0 Å². The number of halogens is 2. The van der Waals surface area contributed by atoms with Gasteiger partial charge in [-0.05, 0) is 25.0 Å². The molecule has 3 nitrogen and oxygen atoms in total. The number of carbonyl (C=O) groups is 1. The maximum atomic E-state index is 13.5. The number of nitrogens with two attached hydrogens (primary N) is 1. The Morgan fingerprint density at radius 2 is 1.94 bits per heavy atom. The maximum Gasteiger partial charge on any atom is 0.254 e. The highest BCUT2D eigenvalue weighted by Gasteiger charge is 2.34. The van der Waals surface area contributed by atoms with Gasteiger partial charge in [0.25, 0.3) is 5.91 Å². The van der Waals surface area contributed by atoms with Crippen LogP contribution in [0.15, 0.2) is 24.3 Å². The van der Waals surface area contributed by atoms with E-state index in [0.717, 1.165) is 25.7 Å². The van der Waals surface area contributed by atoms with Crippen molar-refractivity contribution in [1.29, 1.82) is 0 Å². The van der Waals surface area contributed by atoms with Gasteiger partial charge in [-0.2, -0.15) is 0 Å². The summed E-state index contributed by atoms with van der Waals surface area (Å²) < 4.78 is 13.5. The van der Waals surface area contributed by atoms with E-state index in [1.165, 1.54) is 12.1 Å². The van der Waals surface area contributed by atoms with Crippen LogP contribution >= 0.6 is 12.4 Å². The quantitative estimate of drug-likeness (QED) is 0.887. The molecule has 0 spiro atoms. The molecule has 18 heavy (non-hydrogen) atoms. The minimum atomic E-state index is -0.491. The standard InChI is InChI=1S/C13H17FN2O.ClH/c14-11-6-2-1-5-10(11)12(17)16-13(9-15)7-3-4-8-13;/h1-2,5-6H,3-4,7-9,15H2,(H,16,17);1H. The Morgan fingerprint density at radius 1 is 1.33 bits per heavy atom. The third kappa shape index (κ3) is 3.00. The third-order valence-electron chi connectivity index (χ3n) is 3.45. The fraction of sp³-hybridized carbons (Fsp3) is 0.462. The molecule has 1 amide bonds. The summed E-state index contributed by atoms with van der Waals surface area (Å²) in [7, 11) is 0. The van der Waals surface area contributed by atoms with E-state index in [-0.39, 0.29) is 29.4 Å².